The van der Waals surface area contributed by atoms with E-state index >= 15 is 0 Å². The van der Waals surface area contributed by atoms with Gasteiger partial charge >= 0.3 is 0 Å². The maximum Gasteiger partial charge on any atom is 0.189 e. The molecule has 0 N–H and O–H groups in total. The molecule has 0 aliphatic heterocycles. The van der Waals surface area contributed by atoms with Gasteiger partial charge in [0.1, 0.15) is 11.2 Å². The molecule has 0 saturated heterocycles. The van der Waals surface area contributed by atoms with E-state index in [4.69, 9.17) is 17.6 Å². The van der Waals surface area contributed by atoms with Crippen molar-refractivity contribution in [2.45, 2.75) is 0 Å². The van der Waals surface area contributed by atoms with Gasteiger partial charge in [0.05, 0.1) is 69.2 Å². The molecule has 0 unspecified atom stereocenters. The first-order valence-corrected chi connectivity index (χ1v) is 14.9. The molecule has 0 aliphatic rings. The van der Waals surface area contributed by atoms with Crippen molar-refractivity contribution in [1.29, 1.82) is 10.5 Å². The smallest absolute Gasteiger partial charge is 0.189 e. The second-order valence-electron chi connectivity index (χ2n) is 12.1. The minimum absolute atomic E-state index is 0.546. The van der Waals surface area contributed by atoms with Crippen LogP contribution in [0, 0.1) is 35.8 Å². The van der Waals surface area contributed by atoms with E-state index in [2.05, 4.69) is 42.8 Å². The zero-order valence-corrected chi connectivity index (χ0v) is 24.2. The van der Waals surface area contributed by atoms with Crippen LogP contribution in [-0.2, 0) is 0 Å². The summed E-state index contributed by atoms with van der Waals surface area (Å²) in [6, 6.07) is 32.1. The highest BCUT2D eigenvalue weighted by molar-refractivity contribution is 6.37. The highest BCUT2D eigenvalue weighted by Gasteiger charge is 2.27. The molecular formula is C40H14N6O. The molecule has 210 valence electrons. The van der Waals surface area contributed by atoms with Crippen molar-refractivity contribution in [3.8, 4) is 12.1 Å². The minimum atomic E-state index is 0.546. The second-order valence-corrected chi connectivity index (χ2v) is 12.1. The van der Waals surface area contributed by atoms with Crippen molar-refractivity contribution in [2.75, 3.05) is 0 Å². The average Bonchev–Trinajstić information content (AvgIpc) is 3.90. The molecule has 0 aliphatic carbocycles. The molecule has 0 amide bonds. The van der Waals surface area contributed by atoms with Gasteiger partial charge in [-0.15, -0.1) is 0 Å². The topological polar surface area (TPSA) is 78.3 Å². The summed E-state index contributed by atoms with van der Waals surface area (Å²) in [6.07, 6.45) is 0. The second kappa shape index (κ2) is 7.84. The predicted octanol–water partition coefficient (Wildman–Crippen LogP) is 10.7. The monoisotopic (exact) mass is 594 g/mol. The molecule has 11 rings (SSSR count). The molecule has 47 heavy (non-hydrogen) atoms. The lowest BCUT2D eigenvalue weighted by Crippen LogP contribution is -1.83. The Balaban J connectivity index is 1.43. The SMILES string of the molecule is [C-]#[N+]c1ccc2c3cc4c5cc6c7ccc(C#N)cc7n7c8cc(C#N)ccc8c(c5oc4c4c5ccc([N+]#[C-])cc5n(c2c1)c34)c67. The van der Waals surface area contributed by atoms with Gasteiger partial charge in [0.25, 0.3) is 0 Å². The Bertz CT molecular complexity index is 3220. The van der Waals surface area contributed by atoms with Crippen LogP contribution in [0.25, 0.3) is 108 Å². The number of fused-ring (bicyclic) bond motifs is 17. The first kappa shape index (κ1) is 24.1. The lowest BCUT2D eigenvalue weighted by Gasteiger charge is -2.00. The normalized spacial score (nSPS) is 12.2. The molecule has 7 heteroatoms. The molecule has 0 atom stereocenters. The molecule has 0 saturated carbocycles. The summed E-state index contributed by atoms with van der Waals surface area (Å²) in [5.74, 6) is 0. The molecule has 0 spiro atoms. The Morgan fingerprint density at radius 2 is 0.915 bits per heavy atom. The van der Waals surface area contributed by atoms with E-state index in [0.29, 0.717) is 22.5 Å². The van der Waals surface area contributed by atoms with Crippen LogP contribution in [0.3, 0.4) is 0 Å². The summed E-state index contributed by atoms with van der Waals surface area (Å²) in [6.45, 7) is 15.4. The van der Waals surface area contributed by atoms with E-state index in [1.165, 1.54) is 0 Å². The van der Waals surface area contributed by atoms with Crippen LogP contribution in [0.5, 0.6) is 0 Å². The van der Waals surface area contributed by atoms with Gasteiger partial charge in [0, 0.05) is 54.1 Å². The largest absolute Gasteiger partial charge is 0.455 e. The number of rotatable bonds is 0. The number of benzene rings is 6. The Kier molecular flexibility index (Phi) is 4.01. The fraction of sp³-hybridized carbons (Fsp3) is 0. The minimum Gasteiger partial charge on any atom is -0.455 e. The van der Waals surface area contributed by atoms with Crippen LogP contribution in [0.15, 0.2) is 89.3 Å². The van der Waals surface area contributed by atoms with Crippen LogP contribution < -0.4 is 0 Å². The Hall–Kier alpha value is -7.32. The lowest BCUT2D eigenvalue weighted by molar-refractivity contribution is 0.677. The summed E-state index contributed by atoms with van der Waals surface area (Å²) < 4.78 is 11.4. The van der Waals surface area contributed by atoms with Gasteiger partial charge in [-0.2, -0.15) is 10.5 Å². The van der Waals surface area contributed by atoms with Gasteiger partial charge in [-0.25, -0.2) is 9.69 Å². The van der Waals surface area contributed by atoms with Crippen molar-refractivity contribution in [1.82, 2.24) is 8.80 Å². The van der Waals surface area contributed by atoms with E-state index in [1.807, 2.05) is 72.8 Å². The molecule has 11 aromatic rings. The van der Waals surface area contributed by atoms with Crippen LogP contribution in [-0.4, -0.2) is 8.80 Å². The van der Waals surface area contributed by atoms with Crippen molar-refractivity contribution >= 4 is 110 Å². The average molecular weight is 595 g/mol. The van der Waals surface area contributed by atoms with Crippen molar-refractivity contribution in [2.24, 2.45) is 0 Å². The lowest BCUT2D eigenvalue weighted by atomic mass is 10.00. The number of furan rings is 1. The van der Waals surface area contributed by atoms with Gasteiger partial charge in [-0.1, -0.05) is 36.4 Å². The third kappa shape index (κ3) is 2.63. The van der Waals surface area contributed by atoms with E-state index in [0.717, 1.165) is 98.1 Å². The number of nitriles is 2. The zero-order valence-electron chi connectivity index (χ0n) is 24.2. The Morgan fingerprint density at radius 3 is 1.43 bits per heavy atom. The third-order valence-electron chi connectivity index (χ3n) is 10.0. The summed E-state index contributed by atoms with van der Waals surface area (Å²) in [5.41, 5.74) is 9.40. The first-order chi connectivity index (χ1) is 23.1. The standard InChI is InChI=1S/C40H14N6O/c1-43-21-5-9-24-28-16-30-29-15-27-23-7-3-19(17-41)11-31(23)45-32-12-20(18-42)4-8-25(32)35(37(27)45)39(29)47-40(30)36-26-10-6-22(44-2)14-34(26)46(38(28)36)33(24)13-21/h3-16H. The van der Waals surface area contributed by atoms with E-state index in [9.17, 15) is 10.5 Å². The molecule has 7 nitrogen and oxygen atoms in total. The Labute approximate surface area is 263 Å². The van der Waals surface area contributed by atoms with Crippen molar-refractivity contribution in [3.63, 3.8) is 0 Å². The van der Waals surface area contributed by atoms with E-state index in [-0.39, 0.29) is 0 Å². The van der Waals surface area contributed by atoms with E-state index < -0.39 is 0 Å². The number of aromatic nitrogens is 2. The maximum absolute atomic E-state index is 9.79. The molecule has 0 radical (unpaired) electrons. The Morgan fingerprint density at radius 1 is 0.489 bits per heavy atom. The van der Waals surface area contributed by atoms with Crippen molar-refractivity contribution < 1.29 is 4.42 Å². The van der Waals surface area contributed by atoms with Gasteiger partial charge < -0.3 is 13.2 Å². The fourth-order valence-electron chi connectivity index (χ4n) is 8.14. The number of hydrogen-bond donors (Lipinski definition) is 0. The van der Waals surface area contributed by atoms with Gasteiger partial charge in [-0.3, -0.25) is 0 Å². The third-order valence-corrected chi connectivity index (χ3v) is 10.0. The molecule has 5 aromatic heterocycles. The number of nitrogens with zero attached hydrogens (tertiary/aromatic N) is 6. The van der Waals surface area contributed by atoms with Crippen LogP contribution in [0.2, 0.25) is 0 Å². The zero-order chi connectivity index (χ0) is 31.3. The maximum atomic E-state index is 9.79. The summed E-state index contributed by atoms with van der Waals surface area (Å²) in [4.78, 5) is 7.42. The summed E-state index contributed by atoms with van der Waals surface area (Å²) in [5, 5.41) is 29.6. The molecular weight excluding hydrogens is 580 g/mol. The summed E-state index contributed by atoms with van der Waals surface area (Å²) >= 11 is 0. The van der Waals surface area contributed by atoms with Gasteiger partial charge in [0.2, 0.25) is 0 Å². The highest BCUT2D eigenvalue weighted by Crippen LogP contribution is 2.50. The number of hydrogen-bond acceptors (Lipinski definition) is 3. The predicted molar refractivity (Wildman–Crippen MR) is 185 cm³/mol. The molecule has 0 fully saturated rings. The van der Waals surface area contributed by atoms with Crippen LogP contribution in [0.1, 0.15) is 11.1 Å². The quantitative estimate of drug-likeness (QED) is 0.164. The highest BCUT2D eigenvalue weighted by atomic mass is 16.3. The first-order valence-electron chi connectivity index (χ1n) is 14.9. The molecule has 6 aromatic carbocycles. The van der Waals surface area contributed by atoms with Gasteiger partial charge in [0.15, 0.2) is 11.4 Å². The summed E-state index contributed by atoms with van der Waals surface area (Å²) in [7, 11) is 0. The fourth-order valence-corrected chi connectivity index (χ4v) is 8.14. The molecule has 5 heterocycles. The van der Waals surface area contributed by atoms with Crippen LogP contribution >= 0.6 is 0 Å². The van der Waals surface area contributed by atoms with Crippen LogP contribution in [0.4, 0.5) is 11.4 Å². The van der Waals surface area contributed by atoms with Gasteiger partial charge in [-0.05, 0) is 48.5 Å². The molecule has 0 bridgehead atoms. The van der Waals surface area contributed by atoms with Crippen molar-refractivity contribution in [3.05, 3.63) is 119 Å². The van der Waals surface area contributed by atoms with E-state index in [1.54, 1.807) is 0 Å².